The highest BCUT2D eigenvalue weighted by molar-refractivity contribution is 7.92. The molecule has 252 valence electrons. The van der Waals surface area contributed by atoms with Crippen LogP contribution >= 0.6 is 0 Å². The van der Waals surface area contributed by atoms with Crippen molar-refractivity contribution in [3.8, 4) is 0 Å². The van der Waals surface area contributed by atoms with Gasteiger partial charge in [-0.3, -0.25) is 23.5 Å². The summed E-state index contributed by atoms with van der Waals surface area (Å²) in [6, 6.07) is 21.6. The first-order valence-electron chi connectivity index (χ1n) is 15.4. The highest BCUT2D eigenvalue weighted by Crippen LogP contribution is 2.22. The number of anilines is 1. The van der Waals surface area contributed by atoms with E-state index in [4.69, 9.17) is 0 Å². The summed E-state index contributed by atoms with van der Waals surface area (Å²) in [6.07, 6.45) is 1.45. The lowest BCUT2D eigenvalue weighted by Crippen LogP contribution is -2.50. The maximum atomic E-state index is 13.7. The van der Waals surface area contributed by atoms with E-state index in [1.165, 1.54) is 25.2 Å². The minimum absolute atomic E-state index is 0.0845. The summed E-state index contributed by atoms with van der Waals surface area (Å²) in [6.45, 7) is 5.77. The normalized spacial score (nSPS) is 13.0. The zero-order chi connectivity index (χ0) is 34.6. The molecule has 13 heteroatoms. The number of likely N-dealkylation sites (N-methyl/N-ethyl adjacent to an activating group) is 1. The van der Waals surface area contributed by atoms with E-state index in [0.29, 0.717) is 13.0 Å². The van der Waals surface area contributed by atoms with E-state index in [2.05, 4.69) is 26.6 Å². The van der Waals surface area contributed by atoms with Gasteiger partial charge in [-0.05, 0) is 56.5 Å². The van der Waals surface area contributed by atoms with Crippen LogP contribution in [0.15, 0.2) is 78.9 Å². The number of carbonyl (C=O) groups excluding carboxylic acids is 4. The summed E-state index contributed by atoms with van der Waals surface area (Å²) < 4.78 is 25.8. The summed E-state index contributed by atoms with van der Waals surface area (Å²) in [5.41, 5.74) is 2.16. The van der Waals surface area contributed by atoms with E-state index in [1.54, 1.807) is 13.8 Å². The molecule has 0 spiro atoms. The first kappa shape index (κ1) is 36.7. The van der Waals surface area contributed by atoms with Crippen molar-refractivity contribution >= 4 is 39.3 Å². The number of sulfonamides is 1. The second-order valence-electron chi connectivity index (χ2n) is 11.3. The molecule has 3 atom stereocenters. The number of nitrogens with zero attached hydrogens (tertiary/aromatic N) is 1. The van der Waals surface area contributed by atoms with E-state index in [0.717, 1.165) is 21.7 Å². The lowest BCUT2D eigenvalue weighted by atomic mass is 10.0. The van der Waals surface area contributed by atoms with Crippen LogP contribution in [0.2, 0.25) is 0 Å². The van der Waals surface area contributed by atoms with Crippen molar-refractivity contribution < 1.29 is 27.6 Å². The van der Waals surface area contributed by atoms with E-state index in [-0.39, 0.29) is 47.8 Å². The fourth-order valence-electron chi connectivity index (χ4n) is 4.69. The molecular weight excluding hydrogens is 620 g/mol. The van der Waals surface area contributed by atoms with Crippen LogP contribution in [0.3, 0.4) is 0 Å². The van der Waals surface area contributed by atoms with Gasteiger partial charge in [0.05, 0.1) is 30.6 Å². The second kappa shape index (κ2) is 17.2. The molecule has 3 rings (SSSR count). The Bertz CT molecular complexity index is 1640. The number of hydrogen-bond donors (Lipinski definition) is 5. The molecule has 0 saturated carbocycles. The lowest BCUT2D eigenvalue weighted by molar-refractivity contribution is -0.127. The number of benzene rings is 3. The van der Waals surface area contributed by atoms with Crippen LogP contribution in [0.25, 0.3) is 0 Å². The van der Waals surface area contributed by atoms with Crippen molar-refractivity contribution in [2.45, 2.75) is 45.3 Å². The van der Waals surface area contributed by atoms with Crippen LogP contribution in [0.1, 0.15) is 58.7 Å². The third kappa shape index (κ3) is 11.5. The molecule has 0 aliphatic rings. The van der Waals surface area contributed by atoms with Gasteiger partial charge in [-0.1, -0.05) is 60.7 Å². The number of nitrogens with one attached hydrogen (secondary N) is 5. The first-order chi connectivity index (χ1) is 22.3. The van der Waals surface area contributed by atoms with Gasteiger partial charge in [-0.15, -0.1) is 0 Å². The van der Waals surface area contributed by atoms with Gasteiger partial charge in [-0.2, -0.15) is 0 Å². The molecular formula is C34H44N6O6S. The van der Waals surface area contributed by atoms with Crippen LogP contribution in [0.5, 0.6) is 0 Å². The van der Waals surface area contributed by atoms with E-state index in [9.17, 15) is 27.6 Å². The van der Waals surface area contributed by atoms with Gasteiger partial charge in [-0.25, -0.2) is 8.42 Å². The molecule has 3 aromatic carbocycles. The average Bonchev–Trinajstić information content (AvgIpc) is 3.05. The fraction of sp³-hybridized carbons (Fsp3) is 0.353. The summed E-state index contributed by atoms with van der Waals surface area (Å²) in [7, 11) is -2.37. The quantitative estimate of drug-likeness (QED) is 0.157. The summed E-state index contributed by atoms with van der Waals surface area (Å²) in [5.74, 6) is -1.68. The average molecular weight is 665 g/mol. The minimum Gasteiger partial charge on any atom is -0.355 e. The molecule has 4 amide bonds. The SMILES string of the molecule is CCNC(=O)CNC(=O)[C@H](C)NC[C@H](Cc1ccccc1)NC(=O)c1cc(C(=O)N[C@H](C)c2ccccc2)cc(N(C)S(C)(=O)=O)c1. The summed E-state index contributed by atoms with van der Waals surface area (Å²) in [5, 5.41) is 14.2. The molecule has 0 saturated heterocycles. The standard InChI is InChI=1S/C34H44N6O6S/c1-6-35-31(41)22-37-32(42)24(3)36-21-29(17-25-13-9-7-10-14-25)39-34(44)28-18-27(19-30(20-28)40(4)47(5,45)46)33(43)38-23(2)26-15-11-8-12-16-26/h7-16,18-20,23-24,29,36H,6,17,21-22H2,1-5H3,(H,35,41)(H,37,42)(H,38,43)(H,39,44)/t23-,24+,29+/m1/s1. The van der Waals surface area contributed by atoms with Crippen LogP contribution in [-0.2, 0) is 26.0 Å². The van der Waals surface area contributed by atoms with Gasteiger partial charge >= 0.3 is 0 Å². The van der Waals surface area contributed by atoms with Crippen molar-refractivity contribution in [1.29, 1.82) is 0 Å². The van der Waals surface area contributed by atoms with Crippen molar-refractivity contribution in [3.63, 3.8) is 0 Å². The zero-order valence-electron chi connectivity index (χ0n) is 27.4. The van der Waals surface area contributed by atoms with Crippen LogP contribution in [-0.4, -0.2) is 77.1 Å². The highest BCUT2D eigenvalue weighted by atomic mass is 32.2. The van der Waals surface area contributed by atoms with Crippen molar-refractivity contribution in [3.05, 3.63) is 101 Å². The molecule has 5 N–H and O–H groups in total. The summed E-state index contributed by atoms with van der Waals surface area (Å²) in [4.78, 5) is 51.5. The maximum Gasteiger partial charge on any atom is 0.251 e. The third-order valence-electron chi connectivity index (χ3n) is 7.47. The van der Waals surface area contributed by atoms with E-state index >= 15 is 0 Å². The largest absolute Gasteiger partial charge is 0.355 e. The molecule has 0 heterocycles. The molecule has 0 aliphatic heterocycles. The van der Waals surface area contributed by atoms with E-state index in [1.807, 2.05) is 67.6 Å². The van der Waals surface area contributed by atoms with Gasteiger partial charge in [0.2, 0.25) is 21.8 Å². The number of carbonyl (C=O) groups is 4. The van der Waals surface area contributed by atoms with Gasteiger partial charge < -0.3 is 26.6 Å². The number of rotatable bonds is 16. The third-order valence-corrected chi connectivity index (χ3v) is 8.68. The van der Waals surface area contributed by atoms with Crippen molar-refractivity contribution in [2.75, 3.05) is 37.2 Å². The minimum atomic E-state index is -3.71. The van der Waals surface area contributed by atoms with Gasteiger partial charge in [0, 0.05) is 37.3 Å². The van der Waals surface area contributed by atoms with Gasteiger partial charge in [0.25, 0.3) is 11.8 Å². The smallest absolute Gasteiger partial charge is 0.251 e. The summed E-state index contributed by atoms with van der Waals surface area (Å²) >= 11 is 0. The predicted molar refractivity (Wildman–Crippen MR) is 183 cm³/mol. The predicted octanol–water partition coefficient (Wildman–Crippen LogP) is 2.14. The van der Waals surface area contributed by atoms with Gasteiger partial charge in [0.15, 0.2) is 0 Å². The molecule has 12 nitrogen and oxygen atoms in total. The van der Waals surface area contributed by atoms with E-state index < -0.39 is 33.9 Å². The molecule has 0 fully saturated rings. The van der Waals surface area contributed by atoms with Crippen LogP contribution in [0, 0.1) is 0 Å². The monoisotopic (exact) mass is 664 g/mol. The molecule has 47 heavy (non-hydrogen) atoms. The highest BCUT2D eigenvalue weighted by Gasteiger charge is 2.23. The Kier molecular flexibility index (Phi) is 13.5. The fourth-order valence-corrected chi connectivity index (χ4v) is 5.17. The zero-order valence-corrected chi connectivity index (χ0v) is 28.2. The van der Waals surface area contributed by atoms with Gasteiger partial charge in [0.1, 0.15) is 0 Å². The van der Waals surface area contributed by atoms with Crippen molar-refractivity contribution in [2.24, 2.45) is 0 Å². The van der Waals surface area contributed by atoms with Crippen LogP contribution < -0.4 is 30.9 Å². The molecule has 0 radical (unpaired) electrons. The molecule has 0 aliphatic carbocycles. The van der Waals surface area contributed by atoms with Crippen molar-refractivity contribution in [1.82, 2.24) is 26.6 Å². The Labute approximate surface area is 276 Å². The Morgan fingerprint density at radius 3 is 1.96 bits per heavy atom. The Morgan fingerprint density at radius 1 is 0.809 bits per heavy atom. The molecule has 0 bridgehead atoms. The number of hydrogen-bond acceptors (Lipinski definition) is 7. The molecule has 3 aromatic rings. The van der Waals surface area contributed by atoms with Crippen LogP contribution in [0.4, 0.5) is 5.69 Å². The number of amides is 4. The first-order valence-corrected chi connectivity index (χ1v) is 17.2. The topological polar surface area (TPSA) is 166 Å². The Hall–Kier alpha value is -4.75. The maximum absolute atomic E-state index is 13.7. The Morgan fingerprint density at radius 2 is 1.38 bits per heavy atom. The molecule has 0 unspecified atom stereocenters. The lowest BCUT2D eigenvalue weighted by Gasteiger charge is -2.23. The Balaban J connectivity index is 1.84. The molecule has 0 aromatic heterocycles. The second-order valence-corrected chi connectivity index (χ2v) is 13.3.